The molecule has 4 aromatic rings. The maximum atomic E-state index is 13.6. The number of benzene rings is 2. The monoisotopic (exact) mass is 482 g/mol. The number of fused-ring (bicyclic) bond motifs is 1. The Bertz CT molecular complexity index is 1390. The fourth-order valence-corrected chi connectivity index (χ4v) is 4.48. The van der Waals surface area contributed by atoms with Gasteiger partial charge in [0.15, 0.2) is 11.5 Å². The SMILES string of the molecule is Cc1ccc(Cn2c(=O)c(N3CCN(C(=O)NCCc4ccccc4)CC3)nc3cccnc32)cc1. The van der Waals surface area contributed by atoms with Crippen LogP contribution in [-0.2, 0) is 13.0 Å². The zero-order valence-corrected chi connectivity index (χ0v) is 20.4. The van der Waals surface area contributed by atoms with E-state index < -0.39 is 0 Å². The van der Waals surface area contributed by atoms with E-state index in [1.165, 1.54) is 11.1 Å². The molecule has 36 heavy (non-hydrogen) atoms. The molecule has 184 valence electrons. The Labute approximate surface area is 210 Å². The predicted octanol–water partition coefficient (Wildman–Crippen LogP) is 3.22. The number of urea groups is 1. The highest BCUT2D eigenvalue weighted by Crippen LogP contribution is 2.16. The Morgan fingerprint density at radius 2 is 1.67 bits per heavy atom. The molecule has 0 saturated carbocycles. The largest absolute Gasteiger partial charge is 0.348 e. The highest BCUT2D eigenvalue weighted by molar-refractivity contribution is 5.75. The first-order chi connectivity index (χ1) is 17.6. The van der Waals surface area contributed by atoms with Gasteiger partial charge in [0.05, 0.1) is 6.54 Å². The second-order valence-electron chi connectivity index (χ2n) is 9.10. The van der Waals surface area contributed by atoms with Gasteiger partial charge in [-0.05, 0) is 36.6 Å². The number of piperazine rings is 1. The summed E-state index contributed by atoms with van der Waals surface area (Å²) in [6.07, 6.45) is 2.48. The van der Waals surface area contributed by atoms with Crippen molar-refractivity contribution >= 4 is 23.0 Å². The van der Waals surface area contributed by atoms with Gasteiger partial charge in [-0.25, -0.2) is 14.8 Å². The van der Waals surface area contributed by atoms with E-state index in [-0.39, 0.29) is 11.6 Å². The van der Waals surface area contributed by atoms with Gasteiger partial charge in [0, 0.05) is 38.9 Å². The molecule has 0 aliphatic carbocycles. The number of rotatable bonds is 6. The molecule has 0 unspecified atom stereocenters. The molecule has 8 nitrogen and oxygen atoms in total. The predicted molar refractivity (Wildman–Crippen MR) is 141 cm³/mol. The third-order valence-corrected chi connectivity index (χ3v) is 6.54. The van der Waals surface area contributed by atoms with E-state index in [9.17, 15) is 9.59 Å². The maximum Gasteiger partial charge on any atom is 0.317 e. The summed E-state index contributed by atoms with van der Waals surface area (Å²) >= 11 is 0. The first-order valence-electron chi connectivity index (χ1n) is 12.3. The molecule has 5 rings (SSSR count). The topological polar surface area (TPSA) is 83.4 Å². The minimum Gasteiger partial charge on any atom is -0.348 e. The first kappa shape index (κ1) is 23.5. The number of carbonyl (C=O) groups excluding carboxylic acids is 1. The highest BCUT2D eigenvalue weighted by Gasteiger charge is 2.25. The summed E-state index contributed by atoms with van der Waals surface area (Å²) in [5.74, 6) is 0.409. The number of aromatic nitrogens is 3. The van der Waals surface area contributed by atoms with E-state index >= 15 is 0 Å². The summed E-state index contributed by atoms with van der Waals surface area (Å²) < 4.78 is 1.70. The number of amides is 2. The Balaban J connectivity index is 1.28. The van der Waals surface area contributed by atoms with Crippen molar-refractivity contribution in [2.24, 2.45) is 0 Å². The molecular weight excluding hydrogens is 452 g/mol. The van der Waals surface area contributed by atoms with Gasteiger partial charge < -0.3 is 15.1 Å². The van der Waals surface area contributed by atoms with Crippen LogP contribution >= 0.6 is 0 Å². The Kier molecular flexibility index (Phi) is 6.93. The first-order valence-corrected chi connectivity index (χ1v) is 12.3. The van der Waals surface area contributed by atoms with Crippen molar-refractivity contribution < 1.29 is 4.79 Å². The Morgan fingerprint density at radius 1 is 0.917 bits per heavy atom. The van der Waals surface area contributed by atoms with E-state index in [1.54, 1.807) is 15.7 Å². The molecule has 1 aliphatic heterocycles. The Hall–Kier alpha value is -4.20. The van der Waals surface area contributed by atoms with Gasteiger partial charge in [0.25, 0.3) is 5.56 Å². The van der Waals surface area contributed by atoms with Crippen molar-refractivity contribution in [2.45, 2.75) is 19.9 Å². The minimum atomic E-state index is -0.164. The number of nitrogens with one attached hydrogen (secondary N) is 1. The number of nitrogens with zero attached hydrogens (tertiary/aromatic N) is 5. The fourth-order valence-electron chi connectivity index (χ4n) is 4.48. The number of pyridine rings is 1. The van der Waals surface area contributed by atoms with Crippen LogP contribution in [0.2, 0.25) is 0 Å². The smallest absolute Gasteiger partial charge is 0.317 e. The third-order valence-electron chi connectivity index (χ3n) is 6.54. The molecule has 1 fully saturated rings. The van der Waals surface area contributed by atoms with Crippen LogP contribution in [0.15, 0.2) is 77.7 Å². The molecule has 1 N–H and O–H groups in total. The second-order valence-corrected chi connectivity index (χ2v) is 9.10. The summed E-state index contributed by atoms with van der Waals surface area (Å²) in [6.45, 7) is 5.20. The maximum absolute atomic E-state index is 13.6. The standard InChI is InChI=1S/C28H30N6O2/c1-21-9-11-23(12-10-21)20-34-25-24(8-5-14-29-25)31-26(27(34)35)32-16-18-33(19-17-32)28(36)30-15-13-22-6-3-2-4-7-22/h2-12,14H,13,15-20H2,1H3,(H,30,36). The van der Waals surface area contributed by atoms with Crippen molar-refractivity contribution in [1.29, 1.82) is 0 Å². The number of aryl methyl sites for hydroxylation is 1. The molecular formula is C28H30N6O2. The average molecular weight is 483 g/mol. The van der Waals surface area contributed by atoms with Crippen LogP contribution in [0.5, 0.6) is 0 Å². The highest BCUT2D eigenvalue weighted by atomic mass is 16.2. The molecule has 3 heterocycles. The van der Waals surface area contributed by atoms with Crippen molar-refractivity contribution in [1.82, 2.24) is 24.8 Å². The molecule has 0 spiro atoms. The normalized spacial score (nSPS) is 13.7. The zero-order valence-electron chi connectivity index (χ0n) is 20.4. The van der Waals surface area contributed by atoms with E-state index in [1.807, 2.05) is 66.4 Å². The molecule has 2 amide bonds. The summed E-state index contributed by atoms with van der Waals surface area (Å²) in [4.78, 5) is 39.1. The van der Waals surface area contributed by atoms with Crippen LogP contribution in [0.1, 0.15) is 16.7 Å². The molecule has 8 heteroatoms. The van der Waals surface area contributed by atoms with Crippen molar-refractivity contribution in [3.8, 4) is 0 Å². The number of hydrogen-bond acceptors (Lipinski definition) is 5. The summed E-state index contributed by atoms with van der Waals surface area (Å²) in [5, 5.41) is 3.01. The van der Waals surface area contributed by atoms with Gasteiger partial charge in [0.1, 0.15) is 5.52 Å². The van der Waals surface area contributed by atoms with Crippen LogP contribution in [0, 0.1) is 6.92 Å². The average Bonchev–Trinajstić information content (AvgIpc) is 2.92. The fraction of sp³-hybridized carbons (Fsp3) is 0.286. The minimum absolute atomic E-state index is 0.0713. The molecule has 2 aromatic heterocycles. The van der Waals surface area contributed by atoms with Crippen molar-refractivity contribution in [3.05, 3.63) is 100.0 Å². The van der Waals surface area contributed by atoms with Gasteiger partial charge >= 0.3 is 6.03 Å². The van der Waals surface area contributed by atoms with Crippen LogP contribution < -0.4 is 15.8 Å². The molecule has 0 atom stereocenters. The molecule has 0 radical (unpaired) electrons. The number of carbonyl (C=O) groups is 1. The van der Waals surface area contributed by atoms with Gasteiger partial charge in [-0.15, -0.1) is 0 Å². The lowest BCUT2D eigenvalue weighted by atomic mass is 10.1. The summed E-state index contributed by atoms with van der Waals surface area (Å²) in [5.41, 5.74) is 4.49. The molecule has 2 aromatic carbocycles. The van der Waals surface area contributed by atoms with Gasteiger partial charge in [0.2, 0.25) is 0 Å². The van der Waals surface area contributed by atoms with Gasteiger partial charge in [-0.1, -0.05) is 60.2 Å². The molecule has 0 bridgehead atoms. The quantitative estimate of drug-likeness (QED) is 0.456. The van der Waals surface area contributed by atoms with E-state index in [0.29, 0.717) is 56.3 Å². The molecule has 1 aliphatic rings. The van der Waals surface area contributed by atoms with E-state index in [2.05, 4.69) is 27.4 Å². The van der Waals surface area contributed by atoms with Crippen molar-refractivity contribution in [3.63, 3.8) is 0 Å². The summed E-state index contributed by atoms with van der Waals surface area (Å²) in [7, 11) is 0. The van der Waals surface area contributed by atoms with Crippen LogP contribution in [-0.4, -0.2) is 58.2 Å². The van der Waals surface area contributed by atoms with Gasteiger partial charge in [-0.2, -0.15) is 0 Å². The lowest BCUT2D eigenvalue weighted by molar-refractivity contribution is 0.194. The van der Waals surface area contributed by atoms with Crippen LogP contribution in [0.25, 0.3) is 11.2 Å². The lowest BCUT2D eigenvalue weighted by Crippen LogP contribution is -2.53. The van der Waals surface area contributed by atoms with Gasteiger partial charge in [-0.3, -0.25) is 9.36 Å². The zero-order chi connectivity index (χ0) is 24.9. The third kappa shape index (κ3) is 5.22. The van der Waals surface area contributed by atoms with E-state index in [4.69, 9.17) is 0 Å². The Morgan fingerprint density at radius 3 is 2.42 bits per heavy atom. The summed E-state index contributed by atoms with van der Waals surface area (Å²) in [6, 6.07) is 21.9. The number of anilines is 1. The second kappa shape index (κ2) is 10.6. The molecule has 1 saturated heterocycles. The van der Waals surface area contributed by atoms with E-state index in [0.717, 1.165) is 12.0 Å². The lowest BCUT2D eigenvalue weighted by Gasteiger charge is -2.35. The van der Waals surface area contributed by atoms with Crippen LogP contribution in [0.3, 0.4) is 0 Å². The van der Waals surface area contributed by atoms with Crippen molar-refractivity contribution in [2.75, 3.05) is 37.6 Å². The van der Waals surface area contributed by atoms with Crippen LogP contribution in [0.4, 0.5) is 10.6 Å². The number of hydrogen-bond donors (Lipinski definition) is 1.